The molecule has 4 rings (SSSR count). The van der Waals surface area contributed by atoms with Crippen LogP contribution in [0.5, 0.6) is 0 Å². The van der Waals surface area contributed by atoms with E-state index in [4.69, 9.17) is 14.2 Å². The maximum atomic E-state index is 11.7. The lowest BCUT2D eigenvalue weighted by molar-refractivity contribution is -0.482. The largest absolute Gasteiger partial charge is 0.390 e. The van der Waals surface area contributed by atoms with Crippen molar-refractivity contribution in [3.63, 3.8) is 0 Å². The van der Waals surface area contributed by atoms with E-state index in [0.29, 0.717) is 6.54 Å². The highest BCUT2D eigenvalue weighted by Gasteiger charge is 2.68. The summed E-state index contributed by atoms with van der Waals surface area (Å²) in [5.41, 5.74) is -0.565. The van der Waals surface area contributed by atoms with Gasteiger partial charge in [-0.15, -0.1) is 0 Å². The van der Waals surface area contributed by atoms with Gasteiger partial charge in [0, 0.05) is 19.5 Å². The molecular weight excluding hydrogens is 442 g/mol. The van der Waals surface area contributed by atoms with Crippen molar-refractivity contribution in [3.05, 3.63) is 35.9 Å². The number of aliphatic hydroxyl groups excluding tert-OH is 2. The minimum atomic E-state index is -2.20. The SMILES string of the molecule is CN[C@@H]1[C@H](O)[C@H](NC)[C@H]2O[C@]3(O)[C@H](OC2[C@H]1O)O[C@H](C)C[C@@]3(O)CNCC(C)c1ccccc1. The van der Waals surface area contributed by atoms with Crippen LogP contribution in [0.15, 0.2) is 30.3 Å². The van der Waals surface area contributed by atoms with E-state index in [1.807, 2.05) is 18.2 Å². The summed E-state index contributed by atoms with van der Waals surface area (Å²) in [6.07, 6.45) is -5.56. The van der Waals surface area contributed by atoms with Gasteiger partial charge in [0.25, 0.3) is 0 Å². The molecular formula is C24H39N3O7. The van der Waals surface area contributed by atoms with Crippen molar-refractivity contribution in [2.24, 2.45) is 0 Å². The fourth-order valence-corrected chi connectivity index (χ4v) is 5.62. The molecule has 0 spiro atoms. The third-order valence-electron chi connectivity index (χ3n) is 7.59. The maximum Gasteiger partial charge on any atom is 0.249 e. The molecule has 10 nitrogen and oxygen atoms in total. The van der Waals surface area contributed by atoms with E-state index in [2.05, 4.69) is 35.0 Å². The highest BCUT2D eigenvalue weighted by molar-refractivity contribution is 5.19. The van der Waals surface area contributed by atoms with E-state index in [0.717, 1.165) is 0 Å². The zero-order valence-electron chi connectivity index (χ0n) is 20.2. The molecule has 1 aromatic carbocycles. The lowest BCUT2D eigenvalue weighted by atomic mass is 9.77. The maximum absolute atomic E-state index is 11.7. The zero-order valence-corrected chi connectivity index (χ0v) is 20.2. The van der Waals surface area contributed by atoms with Crippen molar-refractivity contribution < 1.29 is 34.6 Å². The van der Waals surface area contributed by atoms with Gasteiger partial charge in [-0.3, -0.25) is 0 Å². The second-order valence-corrected chi connectivity index (χ2v) is 9.95. The first kappa shape index (κ1) is 25.9. The molecule has 11 atom stereocenters. The van der Waals surface area contributed by atoms with Gasteiger partial charge >= 0.3 is 0 Å². The van der Waals surface area contributed by atoms with Gasteiger partial charge in [-0.1, -0.05) is 37.3 Å². The third kappa shape index (κ3) is 4.41. The predicted octanol–water partition coefficient (Wildman–Crippen LogP) is -1.37. The Bertz CT molecular complexity index is 819. The van der Waals surface area contributed by atoms with E-state index in [1.165, 1.54) is 5.56 Å². The number of rotatable bonds is 7. The zero-order chi connectivity index (χ0) is 24.7. The Morgan fingerprint density at radius 1 is 1.00 bits per heavy atom. The smallest absolute Gasteiger partial charge is 0.249 e. The normalized spacial score (nSPS) is 45.3. The summed E-state index contributed by atoms with van der Waals surface area (Å²) in [4.78, 5) is 0. The Morgan fingerprint density at radius 2 is 1.68 bits per heavy atom. The molecule has 2 heterocycles. The molecule has 0 bridgehead atoms. The van der Waals surface area contributed by atoms with Crippen molar-refractivity contribution in [1.82, 2.24) is 16.0 Å². The van der Waals surface area contributed by atoms with Crippen LogP contribution in [0.25, 0.3) is 0 Å². The van der Waals surface area contributed by atoms with E-state index < -0.39 is 60.3 Å². The van der Waals surface area contributed by atoms with E-state index >= 15 is 0 Å². The topological polar surface area (TPSA) is 145 Å². The van der Waals surface area contributed by atoms with Crippen LogP contribution in [0.2, 0.25) is 0 Å². The Morgan fingerprint density at radius 3 is 2.32 bits per heavy atom. The van der Waals surface area contributed by atoms with Gasteiger partial charge < -0.3 is 50.6 Å². The molecule has 0 amide bonds. The summed E-state index contributed by atoms with van der Waals surface area (Å²) in [5.74, 6) is -2.01. The molecule has 1 aromatic rings. The first-order valence-corrected chi connectivity index (χ1v) is 12.0. The van der Waals surface area contributed by atoms with Gasteiger partial charge in [-0.05, 0) is 32.5 Å². The number of nitrogens with one attached hydrogen (secondary N) is 3. The predicted molar refractivity (Wildman–Crippen MR) is 124 cm³/mol. The molecule has 3 fully saturated rings. The Balaban J connectivity index is 1.53. The quantitative estimate of drug-likeness (QED) is 0.249. The Hall–Kier alpha value is -1.18. The number of ether oxygens (including phenoxy) is 3. The molecule has 2 aliphatic heterocycles. The molecule has 192 valence electrons. The fraction of sp³-hybridized carbons (Fsp3) is 0.750. The van der Waals surface area contributed by atoms with Gasteiger partial charge in [0.1, 0.15) is 23.9 Å². The molecule has 2 unspecified atom stereocenters. The molecule has 0 aromatic heterocycles. The molecule has 3 aliphatic rings. The van der Waals surface area contributed by atoms with Crippen LogP contribution in [-0.2, 0) is 14.2 Å². The Kier molecular flexibility index (Phi) is 7.66. The number of hydrogen-bond acceptors (Lipinski definition) is 10. The Labute approximate surface area is 200 Å². The van der Waals surface area contributed by atoms with Crippen LogP contribution in [0.3, 0.4) is 0 Å². The minimum Gasteiger partial charge on any atom is -0.390 e. The number of hydrogen-bond donors (Lipinski definition) is 7. The van der Waals surface area contributed by atoms with Crippen LogP contribution in [0.1, 0.15) is 31.7 Å². The van der Waals surface area contributed by atoms with Crippen molar-refractivity contribution >= 4 is 0 Å². The lowest BCUT2D eigenvalue weighted by Crippen LogP contribution is -2.81. The molecule has 0 radical (unpaired) electrons. The lowest BCUT2D eigenvalue weighted by Gasteiger charge is -2.60. The average molecular weight is 482 g/mol. The van der Waals surface area contributed by atoms with Crippen LogP contribution in [-0.4, -0.2) is 108 Å². The van der Waals surface area contributed by atoms with Gasteiger partial charge in [-0.25, -0.2) is 0 Å². The summed E-state index contributed by atoms with van der Waals surface area (Å²) in [6.45, 7) is 4.50. The van der Waals surface area contributed by atoms with Crippen molar-refractivity contribution in [1.29, 1.82) is 0 Å². The number of fused-ring (bicyclic) bond motifs is 2. The van der Waals surface area contributed by atoms with Gasteiger partial charge in [0.15, 0.2) is 0 Å². The summed E-state index contributed by atoms with van der Waals surface area (Å²) >= 11 is 0. The molecule has 7 N–H and O–H groups in total. The first-order chi connectivity index (χ1) is 16.1. The second-order valence-electron chi connectivity index (χ2n) is 9.95. The van der Waals surface area contributed by atoms with Gasteiger partial charge in [0.2, 0.25) is 12.1 Å². The van der Waals surface area contributed by atoms with Crippen molar-refractivity contribution in [2.75, 3.05) is 27.2 Å². The monoisotopic (exact) mass is 481 g/mol. The van der Waals surface area contributed by atoms with Crippen LogP contribution < -0.4 is 16.0 Å². The first-order valence-electron chi connectivity index (χ1n) is 12.0. The van der Waals surface area contributed by atoms with Crippen LogP contribution >= 0.6 is 0 Å². The van der Waals surface area contributed by atoms with E-state index in [1.54, 1.807) is 21.0 Å². The highest BCUT2D eigenvalue weighted by atomic mass is 16.8. The number of benzene rings is 1. The summed E-state index contributed by atoms with van der Waals surface area (Å²) < 4.78 is 18.0. The van der Waals surface area contributed by atoms with Crippen molar-refractivity contribution in [2.45, 2.75) is 86.5 Å². The minimum absolute atomic E-state index is 0.0418. The fourth-order valence-electron chi connectivity index (χ4n) is 5.62. The molecule has 1 saturated carbocycles. The van der Waals surface area contributed by atoms with Gasteiger partial charge in [-0.2, -0.15) is 0 Å². The highest BCUT2D eigenvalue weighted by Crippen LogP contribution is 2.46. The molecule has 1 aliphatic carbocycles. The second kappa shape index (κ2) is 10.1. The standard InChI is InChI=1S/C24H39N3O7/c1-13(15-8-6-5-7-9-15)11-27-12-23(30)10-14(2)32-22-24(23,31)34-20-17(26-4)18(28)16(25-3)19(29)21(20)33-22/h5-9,13-14,16-22,25-31H,10-12H2,1-4H3/t13?,14-,16-,17+,18+,19+,20-,21?,22+,23-,24-/m1/s1. The van der Waals surface area contributed by atoms with E-state index in [-0.39, 0.29) is 18.9 Å². The number of aliphatic hydroxyl groups is 4. The molecule has 2 saturated heterocycles. The summed E-state index contributed by atoms with van der Waals surface area (Å²) in [5, 5.41) is 54.3. The van der Waals surface area contributed by atoms with Crippen LogP contribution in [0.4, 0.5) is 0 Å². The van der Waals surface area contributed by atoms with Crippen molar-refractivity contribution in [3.8, 4) is 0 Å². The average Bonchev–Trinajstić information content (AvgIpc) is 2.80. The third-order valence-corrected chi connectivity index (χ3v) is 7.59. The van der Waals surface area contributed by atoms with Crippen LogP contribution in [0, 0.1) is 0 Å². The van der Waals surface area contributed by atoms with E-state index in [9.17, 15) is 20.4 Å². The van der Waals surface area contributed by atoms with Gasteiger partial charge in [0.05, 0.1) is 24.3 Å². The molecule has 34 heavy (non-hydrogen) atoms. The summed E-state index contributed by atoms with van der Waals surface area (Å²) in [7, 11) is 3.30. The molecule has 10 heteroatoms. The summed E-state index contributed by atoms with van der Waals surface area (Å²) in [6, 6.07) is 8.71. The number of likely N-dealkylation sites (N-methyl/N-ethyl adjacent to an activating group) is 2.